The van der Waals surface area contributed by atoms with Crippen molar-refractivity contribution < 1.29 is 0 Å². The van der Waals surface area contributed by atoms with Gasteiger partial charge in [0.05, 0.1) is 11.2 Å². The Hall–Kier alpha value is -1.91. The fourth-order valence-electron chi connectivity index (χ4n) is 2.18. The predicted octanol–water partition coefficient (Wildman–Crippen LogP) is 2.58. The van der Waals surface area contributed by atoms with Crippen LogP contribution in [0.4, 0.5) is 0 Å². The van der Waals surface area contributed by atoms with E-state index in [1.54, 1.807) is 0 Å². The molecule has 0 radical (unpaired) electrons. The Labute approximate surface area is 115 Å². The van der Waals surface area contributed by atoms with Crippen LogP contribution in [0, 0.1) is 0 Å². The van der Waals surface area contributed by atoms with E-state index >= 15 is 0 Å². The minimum Gasteiger partial charge on any atom is -0.330 e. The fourth-order valence-corrected chi connectivity index (χ4v) is 2.45. The van der Waals surface area contributed by atoms with Crippen molar-refractivity contribution in [2.24, 2.45) is 5.73 Å². The highest BCUT2D eigenvalue weighted by Gasteiger charge is 2.12. The first-order valence-electron chi connectivity index (χ1n) is 6.09. The summed E-state index contributed by atoms with van der Waals surface area (Å²) >= 11 is 6.26. The molecule has 96 valence electrons. The molecular weight excluding hydrogens is 260 g/mol. The molecule has 0 saturated carbocycles. The topological polar surface area (TPSA) is 56.7 Å². The maximum atomic E-state index is 6.26. The van der Waals surface area contributed by atoms with Crippen LogP contribution in [0.3, 0.4) is 0 Å². The monoisotopic (exact) mass is 272 g/mol. The molecular formula is C14H13ClN4. The van der Waals surface area contributed by atoms with Gasteiger partial charge in [-0.25, -0.2) is 4.68 Å². The van der Waals surface area contributed by atoms with E-state index in [9.17, 15) is 0 Å². The lowest BCUT2D eigenvalue weighted by Gasteiger charge is -2.10. The Morgan fingerprint density at radius 3 is 2.79 bits per heavy atom. The summed E-state index contributed by atoms with van der Waals surface area (Å²) in [4.78, 5) is 0. The van der Waals surface area contributed by atoms with Gasteiger partial charge in [-0.1, -0.05) is 35.0 Å². The molecule has 0 bridgehead atoms. The van der Waals surface area contributed by atoms with Crippen LogP contribution in [0.15, 0.2) is 42.5 Å². The van der Waals surface area contributed by atoms with Gasteiger partial charge < -0.3 is 5.73 Å². The number of nitrogens with two attached hydrogens (primary N) is 1. The second-order valence-electron chi connectivity index (χ2n) is 4.27. The largest absolute Gasteiger partial charge is 0.330 e. The summed E-state index contributed by atoms with van der Waals surface area (Å²) in [5, 5.41) is 9.09. The highest BCUT2D eigenvalue weighted by atomic mass is 35.5. The second-order valence-corrected chi connectivity index (χ2v) is 4.67. The Balaban J connectivity index is 2.24. The maximum Gasteiger partial charge on any atom is 0.113 e. The van der Waals surface area contributed by atoms with Gasteiger partial charge in [0.25, 0.3) is 0 Å². The SMILES string of the molecule is NCCc1c(Cl)cccc1-n1nnc2ccccc21. The van der Waals surface area contributed by atoms with Crippen LogP contribution in [0.5, 0.6) is 0 Å². The van der Waals surface area contributed by atoms with Crippen LogP contribution in [-0.4, -0.2) is 21.5 Å². The first-order valence-corrected chi connectivity index (χ1v) is 6.47. The van der Waals surface area contributed by atoms with Crippen molar-refractivity contribution in [1.82, 2.24) is 15.0 Å². The van der Waals surface area contributed by atoms with Crippen LogP contribution < -0.4 is 5.73 Å². The number of hydrogen-bond donors (Lipinski definition) is 1. The van der Waals surface area contributed by atoms with Crippen LogP contribution in [0.1, 0.15) is 5.56 Å². The van der Waals surface area contributed by atoms with Crippen molar-refractivity contribution in [2.45, 2.75) is 6.42 Å². The van der Waals surface area contributed by atoms with E-state index in [0.717, 1.165) is 22.3 Å². The van der Waals surface area contributed by atoms with E-state index in [1.165, 1.54) is 0 Å². The molecule has 4 nitrogen and oxygen atoms in total. The van der Waals surface area contributed by atoms with Crippen LogP contribution in [0.25, 0.3) is 16.7 Å². The zero-order valence-corrected chi connectivity index (χ0v) is 11.0. The first kappa shape index (κ1) is 12.1. The number of fused-ring (bicyclic) bond motifs is 1. The van der Waals surface area contributed by atoms with Crippen molar-refractivity contribution in [3.63, 3.8) is 0 Å². The lowest BCUT2D eigenvalue weighted by Crippen LogP contribution is -2.08. The Morgan fingerprint density at radius 2 is 1.95 bits per heavy atom. The van der Waals surface area contributed by atoms with Gasteiger partial charge in [-0.3, -0.25) is 0 Å². The molecule has 5 heteroatoms. The van der Waals surface area contributed by atoms with Crippen LogP contribution in [-0.2, 0) is 6.42 Å². The second kappa shape index (κ2) is 4.99. The third-order valence-corrected chi connectivity index (χ3v) is 3.42. The van der Waals surface area contributed by atoms with Gasteiger partial charge in [0.1, 0.15) is 5.52 Å². The third kappa shape index (κ3) is 2.09. The van der Waals surface area contributed by atoms with Gasteiger partial charge in [-0.2, -0.15) is 0 Å². The fraction of sp³-hybridized carbons (Fsp3) is 0.143. The molecule has 3 rings (SSSR count). The summed E-state index contributed by atoms with van der Waals surface area (Å²) < 4.78 is 1.81. The smallest absolute Gasteiger partial charge is 0.113 e. The molecule has 3 aromatic rings. The van der Waals surface area contributed by atoms with Crippen molar-refractivity contribution >= 4 is 22.6 Å². The van der Waals surface area contributed by atoms with Crippen molar-refractivity contribution in [3.8, 4) is 5.69 Å². The highest BCUT2D eigenvalue weighted by molar-refractivity contribution is 6.31. The summed E-state index contributed by atoms with van der Waals surface area (Å²) in [6.45, 7) is 0.545. The standard InChI is InChI=1S/C14H13ClN4/c15-11-4-3-7-13(10(11)8-9-16)19-14-6-2-1-5-12(14)17-18-19/h1-7H,8-9,16H2. The Morgan fingerprint density at radius 1 is 1.11 bits per heavy atom. The van der Waals surface area contributed by atoms with Gasteiger partial charge >= 0.3 is 0 Å². The normalized spacial score (nSPS) is 11.1. The quantitative estimate of drug-likeness (QED) is 0.797. The molecule has 0 spiro atoms. The lowest BCUT2D eigenvalue weighted by molar-refractivity contribution is 0.808. The molecule has 0 fully saturated rings. The van der Waals surface area contributed by atoms with Crippen LogP contribution in [0.2, 0.25) is 5.02 Å². The average molecular weight is 273 g/mol. The van der Waals surface area contributed by atoms with Gasteiger partial charge in [0.15, 0.2) is 0 Å². The minimum atomic E-state index is 0.545. The number of hydrogen-bond acceptors (Lipinski definition) is 3. The molecule has 2 N–H and O–H groups in total. The summed E-state index contributed by atoms with van der Waals surface area (Å²) in [7, 11) is 0. The third-order valence-electron chi connectivity index (χ3n) is 3.07. The van der Waals surface area contributed by atoms with E-state index in [2.05, 4.69) is 10.3 Å². The van der Waals surface area contributed by atoms with Gasteiger partial charge in [-0.15, -0.1) is 5.10 Å². The summed E-state index contributed by atoms with van der Waals surface area (Å²) in [6, 6.07) is 13.6. The number of halogens is 1. The molecule has 0 atom stereocenters. The zero-order chi connectivity index (χ0) is 13.2. The number of nitrogens with zero attached hydrogens (tertiary/aromatic N) is 3. The van der Waals surface area contributed by atoms with Crippen molar-refractivity contribution in [1.29, 1.82) is 0 Å². The number of aromatic nitrogens is 3. The van der Waals surface area contributed by atoms with Crippen molar-refractivity contribution in [3.05, 3.63) is 53.1 Å². The lowest BCUT2D eigenvalue weighted by atomic mass is 10.1. The average Bonchev–Trinajstić information content (AvgIpc) is 2.85. The molecule has 2 aromatic carbocycles. The highest BCUT2D eigenvalue weighted by Crippen LogP contribution is 2.25. The van der Waals surface area contributed by atoms with Gasteiger partial charge in [0, 0.05) is 5.02 Å². The summed E-state index contributed by atoms with van der Waals surface area (Å²) in [6.07, 6.45) is 0.712. The number of rotatable bonds is 3. The van der Waals surface area contributed by atoms with E-state index < -0.39 is 0 Å². The van der Waals surface area contributed by atoms with E-state index in [1.807, 2.05) is 47.1 Å². The molecule has 0 aliphatic carbocycles. The zero-order valence-electron chi connectivity index (χ0n) is 10.3. The van der Waals surface area contributed by atoms with Crippen LogP contribution >= 0.6 is 11.6 Å². The molecule has 19 heavy (non-hydrogen) atoms. The van der Waals surface area contributed by atoms with Gasteiger partial charge in [-0.05, 0) is 42.8 Å². The molecule has 0 saturated heterocycles. The molecule has 0 unspecified atom stereocenters. The van der Waals surface area contributed by atoms with Crippen molar-refractivity contribution in [2.75, 3.05) is 6.54 Å². The molecule has 0 aliphatic heterocycles. The minimum absolute atomic E-state index is 0.545. The van der Waals surface area contributed by atoms with Gasteiger partial charge in [0.2, 0.25) is 0 Å². The van der Waals surface area contributed by atoms with E-state index in [0.29, 0.717) is 18.0 Å². The molecule has 1 heterocycles. The summed E-state index contributed by atoms with van der Waals surface area (Å²) in [5.41, 5.74) is 9.42. The van der Waals surface area contributed by atoms with E-state index in [-0.39, 0.29) is 0 Å². The Bertz CT molecular complexity index is 720. The maximum absolute atomic E-state index is 6.26. The van der Waals surface area contributed by atoms with E-state index in [4.69, 9.17) is 17.3 Å². The first-order chi connectivity index (χ1) is 9.31. The number of para-hydroxylation sites is 1. The molecule has 0 aliphatic rings. The molecule has 1 aromatic heterocycles. The summed E-state index contributed by atoms with van der Waals surface area (Å²) in [5.74, 6) is 0. The number of benzene rings is 2. The predicted molar refractivity (Wildman–Crippen MR) is 76.6 cm³/mol. The Kier molecular flexibility index (Phi) is 3.19. The molecule has 0 amide bonds.